The minimum Gasteiger partial charge on any atom is -0.313 e. The fourth-order valence-corrected chi connectivity index (χ4v) is 2.21. The van der Waals surface area contributed by atoms with E-state index in [2.05, 4.69) is 43.4 Å². The quantitative estimate of drug-likeness (QED) is 0.704. The van der Waals surface area contributed by atoms with Gasteiger partial charge in [0.1, 0.15) is 0 Å². The van der Waals surface area contributed by atoms with E-state index in [0.717, 1.165) is 18.4 Å². The third-order valence-electron chi connectivity index (χ3n) is 3.42. The standard InChI is InChI=1S/C16H25N/c1-13(2)11-15-5-7-16(8-6-15)12-17-10-9-14-3-4-14/h5-8,13-14,17H,3-4,9-12H2,1-2H3. The average Bonchev–Trinajstić information content (AvgIpc) is 3.10. The van der Waals surface area contributed by atoms with Crippen molar-refractivity contribution >= 4 is 0 Å². The highest BCUT2D eigenvalue weighted by atomic mass is 14.8. The molecule has 0 unspecified atom stereocenters. The van der Waals surface area contributed by atoms with Gasteiger partial charge in [-0.05, 0) is 42.3 Å². The molecular weight excluding hydrogens is 206 g/mol. The summed E-state index contributed by atoms with van der Waals surface area (Å²) in [6, 6.07) is 9.08. The van der Waals surface area contributed by atoms with Crippen LogP contribution in [0.5, 0.6) is 0 Å². The topological polar surface area (TPSA) is 12.0 Å². The molecule has 1 N–H and O–H groups in total. The number of hydrogen-bond donors (Lipinski definition) is 1. The summed E-state index contributed by atoms with van der Waals surface area (Å²) in [6.45, 7) is 6.74. The molecule has 0 bridgehead atoms. The summed E-state index contributed by atoms with van der Waals surface area (Å²) < 4.78 is 0. The first-order valence-electron chi connectivity index (χ1n) is 7.02. The van der Waals surface area contributed by atoms with Crippen LogP contribution in [0.3, 0.4) is 0 Å². The molecule has 1 aliphatic carbocycles. The highest BCUT2D eigenvalue weighted by Crippen LogP contribution is 2.31. The van der Waals surface area contributed by atoms with Gasteiger partial charge in [-0.1, -0.05) is 51.0 Å². The Bertz CT molecular complexity index is 322. The van der Waals surface area contributed by atoms with Crippen LogP contribution in [0.2, 0.25) is 0 Å². The molecule has 1 aromatic carbocycles. The Labute approximate surface area is 106 Å². The van der Waals surface area contributed by atoms with Gasteiger partial charge in [0, 0.05) is 6.54 Å². The van der Waals surface area contributed by atoms with Gasteiger partial charge in [-0.25, -0.2) is 0 Å². The molecule has 0 amide bonds. The van der Waals surface area contributed by atoms with Gasteiger partial charge in [0.25, 0.3) is 0 Å². The Balaban J connectivity index is 1.69. The Morgan fingerprint density at radius 2 is 1.76 bits per heavy atom. The van der Waals surface area contributed by atoms with Crippen molar-refractivity contribution in [3.63, 3.8) is 0 Å². The molecule has 0 aromatic heterocycles. The molecule has 1 nitrogen and oxygen atoms in total. The number of benzene rings is 1. The number of nitrogens with one attached hydrogen (secondary N) is 1. The van der Waals surface area contributed by atoms with Gasteiger partial charge in [-0.2, -0.15) is 0 Å². The van der Waals surface area contributed by atoms with Gasteiger partial charge in [0.15, 0.2) is 0 Å². The Morgan fingerprint density at radius 3 is 2.35 bits per heavy atom. The van der Waals surface area contributed by atoms with Gasteiger partial charge in [0.2, 0.25) is 0 Å². The molecule has 1 saturated carbocycles. The summed E-state index contributed by atoms with van der Waals surface area (Å²) in [4.78, 5) is 0. The molecule has 94 valence electrons. The van der Waals surface area contributed by atoms with Crippen LogP contribution in [-0.2, 0) is 13.0 Å². The van der Waals surface area contributed by atoms with Crippen molar-refractivity contribution in [1.82, 2.24) is 5.32 Å². The van der Waals surface area contributed by atoms with Crippen molar-refractivity contribution < 1.29 is 0 Å². The molecule has 0 heterocycles. The van der Waals surface area contributed by atoms with Crippen LogP contribution in [0.25, 0.3) is 0 Å². The second-order valence-corrected chi connectivity index (χ2v) is 5.82. The van der Waals surface area contributed by atoms with E-state index < -0.39 is 0 Å². The molecule has 0 aliphatic heterocycles. The van der Waals surface area contributed by atoms with E-state index in [4.69, 9.17) is 0 Å². The molecule has 1 aromatic rings. The zero-order valence-electron chi connectivity index (χ0n) is 11.2. The first kappa shape index (κ1) is 12.6. The zero-order valence-corrected chi connectivity index (χ0v) is 11.2. The van der Waals surface area contributed by atoms with Crippen LogP contribution in [-0.4, -0.2) is 6.54 Å². The lowest BCUT2D eigenvalue weighted by Crippen LogP contribution is -2.15. The largest absolute Gasteiger partial charge is 0.313 e. The van der Waals surface area contributed by atoms with Crippen molar-refractivity contribution in [2.24, 2.45) is 11.8 Å². The maximum atomic E-state index is 3.53. The van der Waals surface area contributed by atoms with Gasteiger partial charge in [-0.3, -0.25) is 0 Å². The van der Waals surface area contributed by atoms with Gasteiger partial charge < -0.3 is 5.32 Å². The predicted molar refractivity (Wildman–Crippen MR) is 74.0 cm³/mol. The van der Waals surface area contributed by atoms with Crippen molar-refractivity contribution in [2.45, 2.75) is 46.1 Å². The van der Waals surface area contributed by atoms with Crippen LogP contribution in [0.4, 0.5) is 0 Å². The highest BCUT2D eigenvalue weighted by Gasteiger charge is 2.19. The maximum Gasteiger partial charge on any atom is 0.0205 e. The molecule has 0 saturated heterocycles. The van der Waals surface area contributed by atoms with Crippen molar-refractivity contribution in [3.05, 3.63) is 35.4 Å². The van der Waals surface area contributed by atoms with E-state index in [0.29, 0.717) is 0 Å². The minimum absolute atomic E-state index is 0.748. The predicted octanol–water partition coefficient (Wildman–Crippen LogP) is 3.77. The van der Waals surface area contributed by atoms with E-state index in [-0.39, 0.29) is 0 Å². The molecule has 1 heteroatoms. The summed E-state index contributed by atoms with van der Waals surface area (Å²) in [5.41, 5.74) is 2.87. The molecule has 17 heavy (non-hydrogen) atoms. The number of hydrogen-bond acceptors (Lipinski definition) is 1. The normalized spacial score (nSPS) is 15.5. The Kier molecular flexibility index (Phi) is 4.61. The Hall–Kier alpha value is -0.820. The van der Waals surface area contributed by atoms with Crippen LogP contribution in [0.15, 0.2) is 24.3 Å². The SMILES string of the molecule is CC(C)Cc1ccc(CNCCC2CC2)cc1. The second kappa shape index (κ2) is 6.20. The lowest BCUT2D eigenvalue weighted by molar-refractivity contribution is 0.612. The summed E-state index contributed by atoms with van der Waals surface area (Å²) in [6.07, 6.45) is 5.48. The zero-order chi connectivity index (χ0) is 12.1. The van der Waals surface area contributed by atoms with E-state index in [1.165, 1.54) is 43.4 Å². The smallest absolute Gasteiger partial charge is 0.0205 e. The van der Waals surface area contributed by atoms with Gasteiger partial charge >= 0.3 is 0 Å². The first-order valence-corrected chi connectivity index (χ1v) is 7.02. The summed E-state index contributed by atoms with van der Waals surface area (Å²) in [5.74, 6) is 1.79. The van der Waals surface area contributed by atoms with Gasteiger partial charge in [0.05, 0.1) is 0 Å². The molecular formula is C16H25N. The summed E-state index contributed by atoms with van der Waals surface area (Å²) in [5, 5.41) is 3.53. The lowest BCUT2D eigenvalue weighted by Gasteiger charge is -2.07. The van der Waals surface area contributed by atoms with Crippen LogP contribution >= 0.6 is 0 Å². The first-order chi connectivity index (χ1) is 8.24. The lowest BCUT2D eigenvalue weighted by atomic mass is 10.0. The van der Waals surface area contributed by atoms with Crippen LogP contribution in [0.1, 0.15) is 44.2 Å². The Morgan fingerprint density at radius 1 is 1.12 bits per heavy atom. The van der Waals surface area contributed by atoms with Crippen LogP contribution in [0, 0.1) is 11.8 Å². The molecule has 1 aliphatic rings. The molecule has 0 spiro atoms. The minimum atomic E-state index is 0.748. The molecule has 0 radical (unpaired) electrons. The molecule has 0 atom stereocenters. The fraction of sp³-hybridized carbons (Fsp3) is 0.625. The fourth-order valence-electron chi connectivity index (χ4n) is 2.21. The van der Waals surface area contributed by atoms with E-state index in [1.807, 2.05) is 0 Å². The van der Waals surface area contributed by atoms with E-state index in [9.17, 15) is 0 Å². The average molecular weight is 231 g/mol. The highest BCUT2D eigenvalue weighted by molar-refractivity contribution is 5.22. The summed E-state index contributed by atoms with van der Waals surface area (Å²) >= 11 is 0. The summed E-state index contributed by atoms with van der Waals surface area (Å²) in [7, 11) is 0. The van der Waals surface area contributed by atoms with Crippen molar-refractivity contribution in [1.29, 1.82) is 0 Å². The van der Waals surface area contributed by atoms with Gasteiger partial charge in [-0.15, -0.1) is 0 Å². The maximum absolute atomic E-state index is 3.53. The van der Waals surface area contributed by atoms with E-state index in [1.54, 1.807) is 0 Å². The van der Waals surface area contributed by atoms with Crippen LogP contribution < -0.4 is 5.32 Å². The van der Waals surface area contributed by atoms with Crippen molar-refractivity contribution in [2.75, 3.05) is 6.54 Å². The number of rotatable bonds is 7. The third-order valence-corrected chi connectivity index (χ3v) is 3.42. The van der Waals surface area contributed by atoms with E-state index >= 15 is 0 Å². The molecule has 2 rings (SSSR count). The third kappa shape index (κ3) is 4.91. The molecule has 1 fully saturated rings. The van der Waals surface area contributed by atoms with Crippen molar-refractivity contribution in [3.8, 4) is 0 Å². The monoisotopic (exact) mass is 231 g/mol. The second-order valence-electron chi connectivity index (χ2n) is 5.82.